The molecule has 6 N–H and O–H groups in total. The summed E-state index contributed by atoms with van der Waals surface area (Å²) in [5, 5.41) is 9.56. The number of aromatic nitrogens is 1. The van der Waals surface area contributed by atoms with E-state index in [0.29, 0.717) is 23.4 Å². The molecule has 0 aliphatic heterocycles. The summed E-state index contributed by atoms with van der Waals surface area (Å²) in [5.41, 5.74) is 9.67. The third kappa shape index (κ3) is 7.63. The van der Waals surface area contributed by atoms with Gasteiger partial charge in [0.1, 0.15) is 11.8 Å². The standard InChI is InChI=1S/C31H35N5O4/c1-40-23-16-14-21(15-17-23)30(38)36-31(39)28(19-22-20-34-26-11-6-4-9-24(22)26)35-29(37)13-3-2-8-18-33-27-12-7-5-10-25(27)32/h4-7,9-12,14-17,20,28,33-34H,2-3,8,13,18-19,32H2,1H3,(H,35,37)(H,36,38,39)/t28-/m0/s1. The van der Waals surface area contributed by atoms with Crippen molar-refractivity contribution in [1.29, 1.82) is 0 Å². The van der Waals surface area contributed by atoms with Crippen molar-refractivity contribution >= 4 is 40.0 Å². The number of ether oxygens (including phenoxy) is 1. The first-order valence-electron chi connectivity index (χ1n) is 13.4. The van der Waals surface area contributed by atoms with Crippen LogP contribution in [0.5, 0.6) is 5.75 Å². The Labute approximate surface area is 233 Å². The number of amides is 3. The highest BCUT2D eigenvalue weighted by atomic mass is 16.5. The fraction of sp³-hybridized carbons (Fsp3) is 0.258. The number of carbonyl (C=O) groups is 3. The first-order chi connectivity index (χ1) is 19.4. The van der Waals surface area contributed by atoms with Crippen LogP contribution in [0.4, 0.5) is 11.4 Å². The van der Waals surface area contributed by atoms with Gasteiger partial charge < -0.3 is 26.1 Å². The average Bonchev–Trinajstić information content (AvgIpc) is 3.38. The molecule has 9 nitrogen and oxygen atoms in total. The Kier molecular flexibility index (Phi) is 9.77. The van der Waals surface area contributed by atoms with Crippen molar-refractivity contribution in [3.05, 3.63) is 90.1 Å². The fourth-order valence-corrected chi connectivity index (χ4v) is 4.48. The van der Waals surface area contributed by atoms with Gasteiger partial charge in [0.05, 0.1) is 18.5 Å². The van der Waals surface area contributed by atoms with E-state index in [9.17, 15) is 14.4 Å². The molecular formula is C31H35N5O4. The molecule has 0 fully saturated rings. The van der Waals surface area contributed by atoms with E-state index in [1.807, 2.05) is 54.7 Å². The van der Waals surface area contributed by atoms with Gasteiger partial charge in [0.15, 0.2) is 0 Å². The Morgan fingerprint density at radius 3 is 2.45 bits per heavy atom. The van der Waals surface area contributed by atoms with Gasteiger partial charge >= 0.3 is 0 Å². The molecule has 0 aliphatic carbocycles. The number of rotatable bonds is 13. The van der Waals surface area contributed by atoms with Crippen molar-refractivity contribution in [2.24, 2.45) is 0 Å². The largest absolute Gasteiger partial charge is 0.497 e. The predicted molar refractivity (Wildman–Crippen MR) is 157 cm³/mol. The van der Waals surface area contributed by atoms with Crippen LogP contribution < -0.4 is 26.4 Å². The van der Waals surface area contributed by atoms with Gasteiger partial charge in [-0.15, -0.1) is 0 Å². The lowest BCUT2D eigenvalue weighted by atomic mass is 10.0. The van der Waals surface area contributed by atoms with Crippen molar-refractivity contribution in [2.45, 2.75) is 38.1 Å². The molecule has 4 aromatic rings. The number of nitrogen functional groups attached to an aromatic ring is 1. The monoisotopic (exact) mass is 541 g/mol. The number of carbonyl (C=O) groups excluding carboxylic acids is 3. The van der Waals surface area contributed by atoms with E-state index < -0.39 is 17.9 Å². The summed E-state index contributed by atoms with van der Waals surface area (Å²) in [4.78, 5) is 42.0. The first-order valence-corrected chi connectivity index (χ1v) is 13.4. The van der Waals surface area contributed by atoms with Gasteiger partial charge in [-0.05, 0) is 60.9 Å². The molecule has 0 unspecified atom stereocenters. The van der Waals surface area contributed by atoms with Crippen molar-refractivity contribution in [3.63, 3.8) is 0 Å². The number of methoxy groups -OCH3 is 1. The molecule has 0 bridgehead atoms. The Morgan fingerprint density at radius 2 is 1.68 bits per heavy atom. The third-order valence-electron chi connectivity index (χ3n) is 6.70. The van der Waals surface area contributed by atoms with Gasteiger partial charge in [-0.3, -0.25) is 19.7 Å². The topological polar surface area (TPSA) is 138 Å². The molecule has 4 rings (SSSR count). The summed E-state index contributed by atoms with van der Waals surface area (Å²) in [6.07, 6.45) is 4.72. The van der Waals surface area contributed by atoms with Crippen molar-refractivity contribution in [2.75, 3.05) is 24.7 Å². The number of imide groups is 1. The molecule has 0 radical (unpaired) electrons. The molecule has 3 aromatic carbocycles. The lowest BCUT2D eigenvalue weighted by Gasteiger charge is -2.18. The number of fused-ring (bicyclic) bond motifs is 1. The smallest absolute Gasteiger partial charge is 0.257 e. The number of nitrogens with one attached hydrogen (secondary N) is 4. The summed E-state index contributed by atoms with van der Waals surface area (Å²) >= 11 is 0. The molecule has 1 heterocycles. The van der Waals surface area contributed by atoms with E-state index in [-0.39, 0.29) is 18.7 Å². The molecule has 0 aliphatic rings. The molecule has 0 saturated carbocycles. The van der Waals surface area contributed by atoms with E-state index in [1.165, 1.54) is 7.11 Å². The highest BCUT2D eigenvalue weighted by Gasteiger charge is 2.24. The Morgan fingerprint density at radius 1 is 0.925 bits per heavy atom. The maximum atomic E-state index is 13.2. The third-order valence-corrected chi connectivity index (χ3v) is 6.70. The lowest BCUT2D eigenvalue weighted by Crippen LogP contribution is -2.49. The van der Waals surface area contributed by atoms with Crippen LogP contribution in [-0.2, 0) is 16.0 Å². The first kappa shape index (κ1) is 28.2. The molecule has 40 heavy (non-hydrogen) atoms. The number of anilines is 2. The number of benzene rings is 3. The van der Waals surface area contributed by atoms with E-state index >= 15 is 0 Å². The van der Waals surface area contributed by atoms with Crippen LogP contribution in [0.15, 0.2) is 79.0 Å². The van der Waals surface area contributed by atoms with E-state index in [2.05, 4.69) is 20.9 Å². The second kappa shape index (κ2) is 13.8. The average molecular weight is 542 g/mol. The molecule has 9 heteroatoms. The zero-order chi connectivity index (χ0) is 28.3. The molecule has 208 valence electrons. The zero-order valence-corrected chi connectivity index (χ0v) is 22.5. The minimum Gasteiger partial charge on any atom is -0.497 e. The lowest BCUT2D eigenvalue weighted by molar-refractivity contribution is -0.128. The number of nitrogens with two attached hydrogens (primary N) is 1. The van der Waals surface area contributed by atoms with Crippen LogP contribution in [0.25, 0.3) is 10.9 Å². The molecule has 0 saturated heterocycles. The number of unbranched alkanes of at least 4 members (excludes halogenated alkanes) is 2. The van der Waals surface area contributed by atoms with E-state index in [0.717, 1.165) is 41.5 Å². The van der Waals surface area contributed by atoms with Crippen molar-refractivity contribution in [3.8, 4) is 5.75 Å². The number of H-pyrrole nitrogens is 1. The predicted octanol–water partition coefficient (Wildman–Crippen LogP) is 4.42. The molecular weight excluding hydrogens is 506 g/mol. The Balaban J connectivity index is 1.33. The van der Waals surface area contributed by atoms with Gasteiger partial charge in [-0.1, -0.05) is 36.8 Å². The van der Waals surface area contributed by atoms with Gasteiger partial charge in [0, 0.05) is 42.0 Å². The second-order valence-electron chi connectivity index (χ2n) is 9.56. The van der Waals surface area contributed by atoms with E-state index in [4.69, 9.17) is 10.5 Å². The van der Waals surface area contributed by atoms with Crippen LogP contribution in [0.3, 0.4) is 0 Å². The maximum Gasteiger partial charge on any atom is 0.257 e. The molecule has 0 spiro atoms. The Bertz CT molecular complexity index is 1450. The number of para-hydroxylation sites is 3. The summed E-state index contributed by atoms with van der Waals surface area (Å²) in [6, 6.07) is 20.9. The van der Waals surface area contributed by atoms with Gasteiger partial charge in [-0.25, -0.2) is 0 Å². The van der Waals surface area contributed by atoms with Gasteiger partial charge in [0.2, 0.25) is 11.8 Å². The minimum absolute atomic E-state index is 0.236. The Hall–Kier alpha value is -4.79. The van der Waals surface area contributed by atoms with Gasteiger partial charge in [-0.2, -0.15) is 0 Å². The van der Waals surface area contributed by atoms with Crippen molar-refractivity contribution in [1.82, 2.24) is 15.6 Å². The zero-order valence-electron chi connectivity index (χ0n) is 22.5. The fourth-order valence-electron chi connectivity index (χ4n) is 4.48. The number of hydrogen-bond acceptors (Lipinski definition) is 6. The maximum absolute atomic E-state index is 13.2. The summed E-state index contributed by atoms with van der Waals surface area (Å²) in [7, 11) is 1.54. The number of aromatic amines is 1. The summed E-state index contributed by atoms with van der Waals surface area (Å²) in [5.74, 6) is -0.744. The summed E-state index contributed by atoms with van der Waals surface area (Å²) in [6.45, 7) is 0.745. The molecule has 3 amide bonds. The molecule has 1 aromatic heterocycles. The van der Waals surface area contributed by atoms with Crippen LogP contribution in [0.2, 0.25) is 0 Å². The highest BCUT2D eigenvalue weighted by molar-refractivity contribution is 6.07. The van der Waals surface area contributed by atoms with Gasteiger partial charge in [0.25, 0.3) is 5.91 Å². The van der Waals surface area contributed by atoms with Crippen LogP contribution in [0, 0.1) is 0 Å². The quantitative estimate of drug-likeness (QED) is 0.126. The van der Waals surface area contributed by atoms with Crippen LogP contribution in [-0.4, -0.2) is 42.4 Å². The second-order valence-corrected chi connectivity index (χ2v) is 9.56. The van der Waals surface area contributed by atoms with Crippen LogP contribution >= 0.6 is 0 Å². The molecule has 1 atom stereocenters. The normalized spacial score (nSPS) is 11.5. The highest BCUT2D eigenvalue weighted by Crippen LogP contribution is 2.20. The van der Waals surface area contributed by atoms with Crippen molar-refractivity contribution < 1.29 is 19.1 Å². The van der Waals surface area contributed by atoms with Crippen LogP contribution in [0.1, 0.15) is 41.6 Å². The minimum atomic E-state index is -0.920. The number of hydrogen-bond donors (Lipinski definition) is 5. The van der Waals surface area contributed by atoms with E-state index in [1.54, 1.807) is 24.3 Å². The summed E-state index contributed by atoms with van der Waals surface area (Å²) < 4.78 is 5.13. The SMILES string of the molecule is COc1ccc(C(=O)NC(=O)[C@H](Cc2c[nH]c3ccccc23)NC(=O)CCCCCNc2ccccc2N)cc1.